The summed E-state index contributed by atoms with van der Waals surface area (Å²) in [7, 11) is 3.15. The number of methoxy groups -OCH3 is 2. The minimum absolute atomic E-state index is 0.0364. The first-order chi connectivity index (χ1) is 12.4. The van der Waals surface area contributed by atoms with Gasteiger partial charge in [0.05, 0.1) is 24.7 Å². The second-order valence-corrected chi connectivity index (χ2v) is 6.25. The normalized spacial score (nSPS) is 16.2. The lowest BCUT2D eigenvalue weighted by atomic mass is 9.84. The van der Waals surface area contributed by atoms with E-state index in [1.807, 2.05) is 17.0 Å². The Balaban J connectivity index is 1.75. The van der Waals surface area contributed by atoms with E-state index in [1.54, 1.807) is 26.4 Å². The summed E-state index contributed by atoms with van der Waals surface area (Å²) in [5.41, 5.74) is -0.269. The van der Waals surface area contributed by atoms with Crippen molar-refractivity contribution in [2.75, 3.05) is 32.2 Å². The Bertz CT molecular complexity index is 764. The zero-order valence-electron chi connectivity index (χ0n) is 14.7. The third kappa shape index (κ3) is 3.55. The molecule has 0 unspecified atom stereocenters. The fourth-order valence-corrected chi connectivity index (χ4v) is 3.14. The zero-order chi connectivity index (χ0) is 18.7. The van der Waals surface area contributed by atoms with E-state index in [-0.39, 0.29) is 5.69 Å². The van der Waals surface area contributed by atoms with Gasteiger partial charge < -0.3 is 19.5 Å². The molecule has 1 aliphatic heterocycles. The van der Waals surface area contributed by atoms with Gasteiger partial charge in [-0.15, -0.1) is 0 Å². The number of nitrogens with zero attached hydrogens (tertiary/aromatic N) is 3. The molecule has 0 spiro atoms. The number of anilines is 1. The SMILES string of the molecule is COc1cc(OC)cc(C2(O)CCN(c3ccc([N+](=O)[O-])cn3)CC2)c1. The van der Waals surface area contributed by atoms with Crippen molar-refractivity contribution < 1.29 is 19.5 Å². The van der Waals surface area contributed by atoms with Crippen LogP contribution in [0.15, 0.2) is 36.5 Å². The Morgan fingerprint density at radius 1 is 1.15 bits per heavy atom. The van der Waals surface area contributed by atoms with Crippen molar-refractivity contribution in [2.24, 2.45) is 0 Å². The average Bonchev–Trinajstić information content (AvgIpc) is 2.68. The van der Waals surface area contributed by atoms with Crippen LogP contribution in [0.1, 0.15) is 18.4 Å². The standard InChI is InChI=1S/C18H21N3O5/c1-25-15-9-13(10-16(11-15)26-2)18(22)5-7-20(8-6-18)17-4-3-14(12-19-17)21(23)24/h3-4,9-12,22H,5-8H2,1-2H3. The Hall–Kier alpha value is -2.87. The molecule has 0 aliphatic carbocycles. The summed E-state index contributed by atoms with van der Waals surface area (Å²) in [6.45, 7) is 1.17. The number of benzene rings is 1. The summed E-state index contributed by atoms with van der Waals surface area (Å²) in [5, 5.41) is 21.9. The van der Waals surface area contributed by atoms with Gasteiger partial charge in [-0.05, 0) is 36.6 Å². The summed E-state index contributed by atoms with van der Waals surface area (Å²) in [5.74, 6) is 1.93. The highest BCUT2D eigenvalue weighted by molar-refractivity contribution is 5.45. The molecule has 1 N–H and O–H groups in total. The molecule has 8 nitrogen and oxygen atoms in total. The third-order valence-electron chi connectivity index (χ3n) is 4.75. The van der Waals surface area contributed by atoms with Crippen LogP contribution in [0.25, 0.3) is 0 Å². The molecule has 1 aromatic carbocycles. The van der Waals surface area contributed by atoms with E-state index >= 15 is 0 Å². The first-order valence-corrected chi connectivity index (χ1v) is 8.26. The van der Waals surface area contributed by atoms with E-state index in [9.17, 15) is 15.2 Å². The number of hydrogen-bond acceptors (Lipinski definition) is 7. The number of nitro groups is 1. The molecule has 138 valence electrons. The lowest BCUT2D eigenvalue weighted by molar-refractivity contribution is -0.385. The highest BCUT2D eigenvalue weighted by atomic mass is 16.6. The summed E-state index contributed by atoms with van der Waals surface area (Å²) < 4.78 is 10.6. The van der Waals surface area contributed by atoms with Crippen molar-refractivity contribution in [3.63, 3.8) is 0 Å². The molecule has 0 radical (unpaired) electrons. The molecule has 1 fully saturated rings. The van der Waals surface area contributed by atoms with Crippen LogP contribution in [0, 0.1) is 10.1 Å². The second kappa shape index (κ2) is 7.17. The lowest BCUT2D eigenvalue weighted by Crippen LogP contribution is -2.43. The Morgan fingerprint density at radius 2 is 1.77 bits per heavy atom. The first kappa shape index (κ1) is 17.9. The summed E-state index contributed by atoms with van der Waals surface area (Å²) in [6.07, 6.45) is 2.26. The van der Waals surface area contributed by atoms with Crippen LogP contribution >= 0.6 is 0 Å². The summed E-state index contributed by atoms with van der Waals surface area (Å²) >= 11 is 0. The van der Waals surface area contributed by atoms with Crippen LogP contribution in [0.2, 0.25) is 0 Å². The predicted octanol–water partition coefficient (Wildman–Crippen LogP) is 2.50. The fraction of sp³-hybridized carbons (Fsp3) is 0.389. The van der Waals surface area contributed by atoms with Gasteiger partial charge in [-0.1, -0.05) is 0 Å². The van der Waals surface area contributed by atoms with Crippen molar-refractivity contribution in [2.45, 2.75) is 18.4 Å². The van der Waals surface area contributed by atoms with Gasteiger partial charge in [-0.3, -0.25) is 10.1 Å². The number of hydrogen-bond donors (Lipinski definition) is 1. The maximum Gasteiger partial charge on any atom is 0.287 e. The number of aliphatic hydroxyl groups is 1. The van der Waals surface area contributed by atoms with Gasteiger partial charge in [0.25, 0.3) is 5.69 Å². The van der Waals surface area contributed by atoms with Crippen molar-refractivity contribution in [3.8, 4) is 11.5 Å². The van der Waals surface area contributed by atoms with Crippen LogP contribution < -0.4 is 14.4 Å². The molecule has 0 amide bonds. The van der Waals surface area contributed by atoms with Crippen LogP contribution in [0.5, 0.6) is 11.5 Å². The third-order valence-corrected chi connectivity index (χ3v) is 4.75. The molecule has 8 heteroatoms. The van der Waals surface area contributed by atoms with Crippen LogP contribution in [0.4, 0.5) is 11.5 Å². The van der Waals surface area contributed by atoms with Crippen molar-refractivity contribution in [1.82, 2.24) is 4.98 Å². The maximum atomic E-state index is 11.1. The van der Waals surface area contributed by atoms with E-state index in [2.05, 4.69) is 4.98 Å². The lowest BCUT2D eigenvalue weighted by Gasteiger charge is -2.39. The molecular formula is C18H21N3O5. The van der Waals surface area contributed by atoms with E-state index in [0.717, 1.165) is 5.56 Å². The first-order valence-electron chi connectivity index (χ1n) is 8.26. The summed E-state index contributed by atoms with van der Waals surface area (Å²) in [4.78, 5) is 16.4. The number of rotatable bonds is 5. The molecule has 2 aromatic rings. The van der Waals surface area contributed by atoms with Crippen molar-refractivity contribution >= 4 is 11.5 Å². The number of ether oxygens (including phenoxy) is 2. The fourth-order valence-electron chi connectivity index (χ4n) is 3.14. The van der Waals surface area contributed by atoms with Gasteiger partial charge in [0.1, 0.15) is 23.5 Å². The molecule has 1 aliphatic rings. The molecule has 0 atom stereocenters. The maximum absolute atomic E-state index is 11.1. The second-order valence-electron chi connectivity index (χ2n) is 6.25. The Labute approximate surface area is 151 Å². The van der Waals surface area contributed by atoms with Gasteiger partial charge in [0.15, 0.2) is 0 Å². The number of pyridine rings is 1. The molecule has 1 aromatic heterocycles. The van der Waals surface area contributed by atoms with Crippen LogP contribution in [-0.2, 0) is 5.60 Å². The number of piperidine rings is 1. The molecule has 1 saturated heterocycles. The molecule has 2 heterocycles. The number of aromatic nitrogens is 1. The largest absolute Gasteiger partial charge is 0.497 e. The Kier molecular flexibility index (Phi) is 4.94. The topological polar surface area (TPSA) is 98.0 Å². The highest BCUT2D eigenvalue weighted by Crippen LogP contribution is 2.37. The van der Waals surface area contributed by atoms with Gasteiger partial charge in [0.2, 0.25) is 0 Å². The van der Waals surface area contributed by atoms with E-state index in [1.165, 1.54) is 12.3 Å². The zero-order valence-corrected chi connectivity index (χ0v) is 14.7. The van der Waals surface area contributed by atoms with Crippen LogP contribution in [-0.4, -0.2) is 42.3 Å². The molecular weight excluding hydrogens is 338 g/mol. The van der Waals surface area contributed by atoms with Crippen molar-refractivity contribution in [1.29, 1.82) is 0 Å². The highest BCUT2D eigenvalue weighted by Gasteiger charge is 2.35. The van der Waals surface area contributed by atoms with Crippen LogP contribution in [0.3, 0.4) is 0 Å². The summed E-state index contributed by atoms with van der Waals surface area (Å²) in [6, 6.07) is 8.49. The van der Waals surface area contributed by atoms with Gasteiger partial charge in [-0.2, -0.15) is 0 Å². The Morgan fingerprint density at radius 3 is 2.23 bits per heavy atom. The molecule has 0 bridgehead atoms. The van der Waals surface area contributed by atoms with Crippen molar-refractivity contribution in [3.05, 3.63) is 52.2 Å². The van der Waals surface area contributed by atoms with E-state index in [4.69, 9.17) is 9.47 Å². The predicted molar refractivity (Wildman–Crippen MR) is 95.8 cm³/mol. The van der Waals surface area contributed by atoms with Gasteiger partial charge >= 0.3 is 0 Å². The minimum Gasteiger partial charge on any atom is -0.497 e. The smallest absolute Gasteiger partial charge is 0.287 e. The molecule has 0 saturated carbocycles. The molecule has 3 rings (SSSR count). The quantitative estimate of drug-likeness (QED) is 0.647. The van der Waals surface area contributed by atoms with Gasteiger partial charge in [-0.25, -0.2) is 4.98 Å². The van der Waals surface area contributed by atoms with E-state index in [0.29, 0.717) is 43.2 Å². The minimum atomic E-state index is -0.987. The van der Waals surface area contributed by atoms with E-state index < -0.39 is 10.5 Å². The average molecular weight is 359 g/mol. The van der Waals surface area contributed by atoms with Gasteiger partial charge in [0, 0.05) is 25.2 Å². The molecule has 26 heavy (non-hydrogen) atoms. The monoisotopic (exact) mass is 359 g/mol.